The molecule has 0 saturated carbocycles. The van der Waals surface area contributed by atoms with Crippen molar-refractivity contribution in [1.82, 2.24) is 20.8 Å². The van der Waals surface area contributed by atoms with Gasteiger partial charge in [-0.3, -0.25) is 19.6 Å². The average Bonchev–Trinajstić information content (AvgIpc) is 2.77. The SMILES string of the molecule is Cc1cc(/C=N/NC(=O)c2ccccn2)c(O)c(/C=N/NC(=O)c2ccccn2)c1. The van der Waals surface area contributed by atoms with E-state index in [0.717, 1.165) is 5.56 Å². The number of hydrogen-bond donors (Lipinski definition) is 3. The third-order valence-corrected chi connectivity index (χ3v) is 3.85. The predicted octanol–water partition coefficient (Wildman–Crippen LogP) is 2.02. The lowest BCUT2D eigenvalue weighted by atomic mass is 10.1. The van der Waals surface area contributed by atoms with Gasteiger partial charge < -0.3 is 5.11 Å². The fourth-order valence-corrected chi connectivity index (χ4v) is 2.46. The van der Waals surface area contributed by atoms with E-state index in [9.17, 15) is 14.7 Å². The van der Waals surface area contributed by atoms with Gasteiger partial charge in [-0.15, -0.1) is 0 Å². The Morgan fingerprint density at radius 3 is 1.73 bits per heavy atom. The molecule has 3 rings (SSSR count). The van der Waals surface area contributed by atoms with Crippen molar-refractivity contribution >= 4 is 24.2 Å². The van der Waals surface area contributed by atoms with Crippen LogP contribution in [0.15, 0.2) is 71.1 Å². The van der Waals surface area contributed by atoms with Crippen molar-refractivity contribution in [3.63, 3.8) is 0 Å². The molecule has 0 aliphatic carbocycles. The van der Waals surface area contributed by atoms with Crippen molar-refractivity contribution in [2.24, 2.45) is 10.2 Å². The highest BCUT2D eigenvalue weighted by Crippen LogP contribution is 2.21. The van der Waals surface area contributed by atoms with E-state index in [4.69, 9.17) is 0 Å². The molecule has 30 heavy (non-hydrogen) atoms. The molecule has 0 atom stereocenters. The first kappa shape index (κ1) is 20.3. The molecule has 0 bridgehead atoms. The fraction of sp³-hybridized carbons (Fsp3) is 0.0476. The third kappa shape index (κ3) is 5.32. The van der Waals surface area contributed by atoms with E-state index in [1.165, 1.54) is 24.8 Å². The molecule has 0 saturated heterocycles. The highest BCUT2D eigenvalue weighted by Gasteiger charge is 2.08. The van der Waals surface area contributed by atoms with Crippen LogP contribution >= 0.6 is 0 Å². The zero-order valence-electron chi connectivity index (χ0n) is 16.0. The van der Waals surface area contributed by atoms with Crippen LogP contribution in [0.3, 0.4) is 0 Å². The van der Waals surface area contributed by atoms with E-state index < -0.39 is 11.8 Å². The molecule has 2 amide bonds. The summed E-state index contributed by atoms with van der Waals surface area (Å²) >= 11 is 0. The highest BCUT2D eigenvalue weighted by atomic mass is 16.3. The van der Waals surface area contributed by atoms with Crippen LogP contribution in [0.2, 0.25) is 0 Å². The number of nitrogens with one attached hydrogen (secondary N) is 2. The lowest BCUT2D eigenvalue weighted by molar-refractivity contribution is 0.0942. The number of pyridine rings is 2. The van der Waals surface area contributed by atoms with Crippen LogP contribution < -0.4 is 10.9 Å². The molecule has 9 nitrogen and oxygen atoms in total. The smallest absolute Gasteiger partial charge is 0.289 e. The summed E-state index contributed by atoms with van der Waals surface area (Å²) in [5.41, 5.74) is 6.70. The van der Waals surface area contributed by atoms with Crippen molar-refractivity contribution in [2.75, 3.05) is 0 Å². The Bertz CT molecular complexity index is 1010. The molecule has 2 aromatic heterocycles. The molecule has 0 aliphatic rings. The van der Waals surface area contributed by atoms with Crippen LogP contribution in [0.4, 0.5) is 0 Å². The van der Waals surface area contributed by atoms with Crippen molar-refractivity contribution < 1.29 is 14.7 Å². The monoisotopic (exact) mass is 402 g/mol. The molecule has 3 aromatic rings. The van der Waals surface area contributed by atoms with Gasteiger partial charge in [-0.2, -0.15) is 10.2 Å². The summed E-state index contributed by atoms with van der Waals surface area (Å²) in [6.45, 7) is 1.83. The number of aromatic nitrogens is 2. The van der Waals surface area contributed by atoms with Crippen LogP contribution in [0.1, 0.15) is 37.7 Å². The molecule has 2 heterocycles. The van der Waals surface area contributed by atoms with E-state index in [1.807, 2.05) is 6.92 Å². The molecule has 1 aromatic carbocycles. The summed E-state index contributed by atoms with van der Waals surface area (Å²) in [7, 11) is 0. The Morgan fingerprint density at radius 1 is 0.867 bits per heavy atom. The summed E-state index contributed by atoms with van der Waals surface area (Å²) < 4.78 is 0. The quantitative estimate of drug-likeness (QED) is 0.429. The van der Waals surface area contributed by atoms with Gasteiger partial charge in [0.1, 0.15) is 17.1 Å². The lowest BCUT2D eigenvalue weighted by Gasteiger charge is -2.06. The van der Waals surface area contributed by atoms with Crippen LogP contribution in [-0.2, 0) is 0 Å². The summed E-state index contributed by atoms with van der Waals surface area (Å²) in [5, 5.41) is 18.2. The molecule has 0 aliphatic heterocycles. The molecule has 0 radical (unpaired) electrons. The second-order valence-corrected chi connectivity index (χ2v) is 6.12. The summed E-state index contributed by atoms with van der Waals surface area (Å²) in [6.07, 6.45) is 5.63. The number of hydrogen-bond acceptors (Lipinski definition) is 7. The van der Waals surface area contributed by atoms with Crippen LogP contribution in [0.5, 0.6) is 5.75 Å². The molecule has 3 N–H and O–H groups in total. The zero-order chi connectivity index (χ0) is 21.3. The van der Waals surface area contributed by atoms with Gasteiger partial charge in [-0.1, -0.05) is 12.1 Å². The Labute approximate surface area is 172 Å². The van der Waals surface area contributed by atoms with Gasteiger partial charge in [-0.25, -0.2) is 10.9 Å². The van der Waals surface area contributed by atoms with Gasteiger partial charge in [0.15, 0.2) is 0 Å². The number of benzene rings is 1. The second kappa shape index (κ2) is 9.69. The van der Waals surface area contributed by atoms with Crippen molar-refractivity contribution in [3.8, 4) is 5.75 Å². The maximum absolute atomic E-state index is 12.0. The molecule has 0 spiro atoms. The minimum Gasteiger partial charge on any atom is -0.507 e. The van der Waals surface area contributed by atoms with Gasteiger partial charge in [0.05, 0.1) is 12.4 Å². The lowest BCUT2D eigenvalue weighted by Crippen LogP contribution is -2.19. The maximum atomic E-state index is 12.0. The minimum atomic E-state index is -0.474. The first-order valence-electron chi connectivity index (χ1n) is 8.87. The number of aryl methyl sites for hydroxylation is 1. The maximum Gasteiger partial charge on any atom is 0.289 e. The topological polar surface area (TPSA) is 129 Å². The number of amides is 2. The Kier molecular flexibility index (Phi) is 6.57. The number of carbonyl (C=O) groups is 2. The number of rotatable bonds is 6. The summed E-state index contributed by atoms with van der Waals surface area (Å²) in [5.74, 6) is -1.05. The number of carbonyl (C=O) groups excluding carboxylic acids is 2. The van der Waals surface area contributed by atoms with Gasteiger partial charge >= 0.3 is 0 Å². The number of nitrogens with zero attached hydrogens (tertiary/aromatic N) is 4. The van der Waals surface area contributed by atoms with Crippen molar-refractivity contribution in [3.05, 3.63) is 89.0 Å². The average molecular weight is 402 g/mol. The number of hydrazone groups is 2. The van der Waals surface area contributed by atoms with E-state index in [-0.39, 0.29) is 17.1 Å². The van der Waals surface area contributed by atoms with Crippen LogP contribution in [-0.4, -0.2) is 39.3 Å². The minimum absolute atomic E-state index is 0.104. The Hall–Kier alpha value is -4.40. The van der Waals surface area contributed by atoms with Crippen LogP contribution in [0, 0.1) is 6.92 Å². The van der Waals surface area contributed by atoms with E-state index in [2.05, 4.69) is 31.0 Å². The summed E-state index contributed by atoms with van der Waals surface area (Å²) in [4.78, 5) is 31.8. The Morgan fingerprint density at radius 2 is 1.33 bits per heavy atom. The first-order valence-corrected chi connectivity index (χ1v) is 8.87. The van der Waals surface area contributed by atoms with Gasteiger partial charge in [-0.05, 0) is 48.9 Å². The number of aromatic hydroxyl groups is 1. The standard InChI is InChI=1S/C21H18N6O3/c1-14-10-15(12-24-26-20(29)17-6-2-4-8-22-17)19(28)16(11-14)13-25-27-21(30)18-7-3-5-9-23-18/h2-13,28H,1H3,(H,26,29)(H,27,30)/b24-12+,25-13+. The Balaban J connectivity index is 1.68. The van der Waals surface area contributed by atoms with Crippen LogP contribution in [0.25, 0.3) is 0 Å². The molecule has 9 heteroatoms. The second-order valence-electron chi connectivity index (χ2n) is 6.12. The van der Waals surface area contributed by atoms with Gasteiger partial charge in [0.25, 0.3) is 11.8 Å². The van der Waals surface area contributed by atoms with Crippen molar-refractivity contribution in [2.45, 2.75) is 6.92 Å². The molecular formula is C21H18N6O3. The largest absolute Gasteiger partial charge is 0.507 e. The van der Waals surface area contributed by atoms with E-state index in [1.54, 1.807) is 48.5 Å². The third-order valence-electron chi connectivity index (χ3n) is 3.85. The van der Waals surface area contributed by atoms with Gasteiger partial charge in [0, 0.05) is 23.5 Å². The van der Waals surface area contributed by atoms with E-state index in [0.29, 0.717) is 11.1 Å². The number of phenols is 1. The molecule has 150 valence electrons. The number of phenolic OH excluding ortho intramolecular Hbond substituents is 1. The normalized spacial score (nSPS) is 11.0. The first-order chi connectivity index (χ1) is 14.5. The molecule has 0 unspecified atom stereocenters. The van der Waals surface area contributed by atoms with Gasteiger partial charge in [0.2, 0.25) is 0 Å². The van der Waals surface area contributed by atoms with E-state index >= 15 is 0 Å². The fourth-order valence-electron chi connectivity index (χ4n) is 2.46. The highest BCUT2D eigenvalue weighted by molar-refractivity contribution is 5.96. The van der Waals surface area contributed by atoms with Crippen molar-refractivity contribution in [1.29, 1.82) is 0 Å². The molecule has 0 fully saturated rings. The summed E-state index contributed by atoms with van der Waals surface area (Å²) in [6, 6.07) is 13.3. The predicted molar refractivity (Wildman–Crippen MR) is 111 cm³/mol. The molecular weight excluding hydrogens is 384 g/mol. The zero-order valence-corrected chi connectivity index (χ0v) is 16.0.